The lowest BCUT2D eigenvalue weighted by Crippen LogP contribution is -2.37. The molecule has 1 N–H and O–H groups in total. The molecule has 0 aliphatic carbocycles. The van der Waals surface area contributed by atoms with Crippen molar-refractivity contribution < 1.29 is 4.79 Å². The van der Waals surface area contributed by atoms with Gasteiger partial charge in [-0.05, 0) is 31.5 Å². The molecule has 1 aliphatic rings. The van der Waals surface area contributed by atoms with Crippen molar-refractivity contribution in [3.63, 3.8) is 0 Å². The number of anilines is 1. The highest BCUT2D eigenvalue weighted by Gasteiger charge is 2.25. The first-order valence-electron chi connectivity index (χ1n) is 9.24. The minimum absolute atomic E-state index is 0.0427. The van der Waals surface area contributed by atoms with Crippen LogP contribution in [0.4, 0.5) is 5.13 Å². The summed E-state index contributed by atoms with van der Waals surface area (Å²) in [6.45, 7) is 2.84. The van der Waals surface area contributed by atoms with Crippen LogP contribution in [0.2, 0.25) is 0 Å². The number of carbonyl (C=O) groups is 1. The van der Waals surface area contributed by atoms with Crippen LogP contribution in [0.15, 0.2) is 60.7 Å². The second-order valence-electron chi connectivity index (χ2n) is 6.80. The van der Waals surface area contributed by atoms with E-state index in [1.165, 1.54) is 16.9 Å². The number of rotatable bonds is 5. The molecule has 0 radical (unpaired) electrons. The number of likely N-dealkylation sites (tertiary alicyclic amines) is 1. The van der Waals surface area contributed by atoms with Crippen molar-refractivity contribution in [3.05, 3.63) is 66.2 Å². The fraction of sp³-hybridized carbons (Fsp3) is 0.286. The average molecular weight is 379 g/mol. The monoisotopic (exact) mass is 378 g/mol. The first-order valence-corrected chi connectivity index (χ1v) is 10.1. The van der Waals surface area contributed by atoms with Gasteiger partial charge in [-0.1, -0.05) is 72.0 Å². The van der Waals surface area contributed by atoms with Gasteiger partial charge < -0.3 is 5.32 Å². The van der Waals surface area contributed by atoms with E-state index >= 15 is 0 Å². The van der Waals surface area contributed by atoms with E-state index in [4.69, 9.17) is 0 Å². The predicted molar refractivity (Wildman–Crippen MR) is 108 cm³/mol. The van der Waals surface area contributed by atoms with Crippen molar-refractivity contribution in [2.24, 2.45) is 5.92 Å². The molecule has 0 bridgehead atoms. The van der Waals surface area contributed by atoms with Crippen LogP contribution in [0.25, 0.3) is 10.6 Å². The highest BCUT2D eigenvalue weighted by molar-refractivity contribution is 7.18. The largest absolute Gasteiger partial charge is 0.300 e. The Morgan fingerprint density at radius 1 is 1.00 bits per heavy atom. The number of carbonyl (C=O) groups excluding carboxylic acids is 1. The Hall–Kier alpha value is -2.57. The minimum Gasteiger partial charge on any atom is -0.300 e. The molecule has 5 nitrogen and oxygen atoms in total. The normalized spacial score (nSPS) is 15.6. The summed E-state index contributed by atoms with van der Waals surface area (Å²) in [5.41, 5.74) is 2.34. The number of benzene rings is 2. The van der Waals surface area contributed by atoms with Crippen molar-refractivity contribution >= 4 is 22.4 Å². The molecule has 1 aromatic heterocycles. The van der Waals surface area contributed by atoms with Gasteiger partial charge in [0.25, 0.3) is 0 Å². The quantitative estimate of drug-likeness (QED) is 0.727. The lowest BCUT2D eigenvalue weighted by Gasteiger charge is -2.31. The van der Waals surface area contributed by atoms with Gasteiger partial charge in [-0.25, -0.2) is 0 Å². The van der Waals surface area contributed by atoms with Gasteiger partial charge in [0.05, 0.1) is 0 Å². The summed E-state index contributed by atoms with van der Waals surface area (Å²) in [7, 11) is 0. The molecule has 1 fully saturated rings. The maximum Gasteiger partial charge on any atom is 0.229 e. The molecule has 1 aliphatic heterocycles. The Morgan fingerprint density at radius 3 is 2.37 bits per heavy atom. The molecular formula is C21H22N4OS. The molecule has 27 heavy (non-hydrogen) atoms. The molecule has 1 amide bonds. The summed E-state index contributed by atoms with van der Waals surface area (Å²) >= 11 is 1.42. The van der Waals surface area contributed by atoms with Crippen molar-refractivity contribution in [1.82, 2.24) is 15.1 Å². The fourth-order valence-electron chi connectivity index (χ4n) is 3.37. The smallest absolute Gasteiger partial charge is 0.229 e. The first-order chi connectivity index (χ1) is 13.3. The van der Waals surface area contributed by atoms with Gasteiger partial charge in [-0.15, -0.1) is 10.2 Å². The number of amides is 1. The van der Waals surface area contributed by atoms with Crippen LogP contribution >= 0.6 is 11.3 Å². The van der Waals surface area contributed by atoms with E-state index in [2.05, 4.69) is 44.7 Å². The Morgan fingerprint density at radius 2 is 1.67 bits per heavy atom. The molecule has 0 saturated carbocycles. The van der Waals surface area contributed by atoms with Gasteiger partial charge in [0.15, 0.2) is 0 Å². The number of nitrogens with one attached hydrogen (secondary N) is 1. The van der Waals surface area contributed by atoms with Gasteiger partial charge in [-0.2, -0.15) is 0 Å². The lowest BCUT2D eigenvalue weighted by atomic mass is 9.95. The van der Waals surface area contributed by atoms with Crippen molar-refractivity contribution in [3.8, 4) is 10.6 Å². The standard InChI is InChI=1S/C21H22N4OS/c26-19(22-21-24-23-20(27-21)18-9-5-2-6-10-18)17-11-13-25(14-12-17)15-16-7-3-1-4-8-16/h1-10,17H,11-15H2,(H,22,24,26). The van der Waals surface area contributed by atoms with E-state index in [9.17, 15) is 4.79 Å². The third kappa shape index (κ3) is 4.59. The van der Waals surface area contributed by atoms with E-state index in [1.54, 1.807) is 0 Å². The average Bonchev–Trinajstić information content (AvgIpc) is 3.18. The van der Waals surface area contributed by atoms with E-state index < -0.39 is 0 Å². The SMILES string of the molecule is O=C(Nc1nnc(-c2ccccc2)s1)C1CCN(Cc2ccccc2)CC1. The molecule has 0 spiro atoms. The predicted octanol–water partition coefficient (Wildman–Crippen LogP) is 4.06. The van der Waals surface area contributed by atoms with Crippen LogP contribution in [-0.2, 0) is 11.3 Å². The Kier molecular flexibility index (Phi) is 5.55. The molecule has 3 aromatic rings. The number of nitrogens with zero attached hydrogens (tertiary/aromatic N) is 3. The van der Waals surface area contributed by atoms with Crippen LogP contribution in [0, 0.1) is 5.92 Å². The molecule has 0 atom stereocenters. The van der Waals surface area contributed by atoms with Crippen LogP contribution in [0.1, 0.15) is 18.4 Å². The van der Waals surface area contributed by atoms with Gasteiger partial charge in [-0.3, -0.25) is 9.69 Å². The fourth-order valence-corrected chi connectivity index (χ4v) is 4.13. The van der Waals surface area contributed by atoms with Gasteiger partial charge in [0.1, 0.15) is 5.01 Å². The molecule has 1 saturated heterocycles. The highest BCUT2D eigenvalue weighted by Crippen LogP contribution is 2.27. The van der Waals surface area contributed by atoms with Crippen molar-refractivity contribution in [2.75, 3.05) is 18.4 Å². The summed E-state index contributed by atoms with van der Waals surface area (Å²) in [5.74, 6) is 0.103. The topological polar surface area (TPSA) is 58.1 Å². The maximum atomic E-state index is 12.6. The molecule has 4 rings (SSSR count). The zero-order valence-corrected chi connectivity index (χ0v) is 15.9. The molecule has 6 heteroatoms. The molecule has 138 valence electrons. The number of piperidine rings is 1. The Bertz CT molecular complexity index is 873. The summed E-state index contributed by atoms with van der Waals surface area (Å²) in [5, 5.41) is 12.7. The Labute approximate surface area is 163 Å². The highest BCUT2D eigenvalue weighted by atomic mass is 32.1. The van der Waals surface area contributed by atoms with Crippen molar-refractivity contribution in [1.29, 1.82) is 0 Å². The third-order valence-electron chi connectivity index (χ3n) is 4.88. The van der Waals surface area contributed by atoms with Crippen LogP contribution < -0.4 is 5.32 Å². The molecule has 2 aromatic carbocycles. The molecule has 0 unspecified atom stereocenters. The lowest BCUT2D eigenvalue weighted by molar-refractivity contribution is -0.121. The summed E-state index contributed by atoms with van der Waals surface area (Å²) in [4.78, 5) is 15.0. The van der Waals surface area contributed by atoms with Gasteiger partial charge in [0.2, 0.25) is 11.0 Å². The zero-order valence-electron chi connectivity index (χ0n) is 15.0. The maximum absolute atomic E-state index is 12.6. The van der Waals surface area contributed by atoms with E-state index in [-0.39, 0.29) is 11.8 Å². The van der Waals surface area contributed by atoms with Gasteiger partial charge in [0, 0.05) is 18.0 Å². The second-order valence-corrected chi connectivity index (χ2v) is 7.78. The third-order valence-corrected chi connectivity index (χ3v) is 5.77. The molecule has 2 heterocycles. The number of hydrogen-bond acceptors (Lipinski definition) is 5. The summed E-state index contributed by atoms with van der Waals surface area (Å²) < 4.78 is 0. The van der Waals surface area contributed by atoms with E-state index in [1.807, 2.05) is 36.4 Å². The van der Waals surface area contributed by atoms with Crippen LogP contribution in [-0.4, -0.2) is 34.1 Å². The van der Waals surface area contributed by atoms with Crippen molar-refractivity contribution in [2.45, 2.75) is 19.4 Å². The zero-order chi connectivity index (χ0) is 18.5. The Balaban J connectivity index is 1.29. The van der Waals surface area contributed by atoms with E-state index in [0.717, 1.165) is 43.0 Å². The first kappa shape index (κ1) is 17.8. The number of aromatic nitrogens is 2. The second kappa shape index (κ2) is 8.41. The van der Waals surface area contributed by atoms with Crippen LogP contribution in [0.5, 0.6) is 0 Å². The number of hydrogen-bond donors (Lipinski definition) is 1. The van der Waals surface area contributed by atoms with E-state index in [0.29, 0.717) is 5.13 Å². The summed E-state index contributed by atoms with van der Waals surface area (Å²) in [6.07, 6.45) is 1.76. The van der Waals surface area contributed by atoms with Gasteiger partial charge >= 0.3 is 0 Å². The minimum atomic E-state index is 0.0427. The summed E-state index contributed by atoms with van der Waals surface area (Å²) in [6, 6.07) is 20.4. The molecular weight excluding hydrogens is 356 g/mol. The van der Waals surface area contributed by atoms with Crippen LogP contribution in [0.3, 0.4) is 0 Å².